The second-order valence-electron chi connectivity index (χ2n) is 6.31. The molecule has 1 N–H and O–H groups in total. The molecule has 8 nitrogen and oxygen atoms in total. The molecule has 0 fully saturated rings. The van der Waals surface area contributed by atoms with E-state index in [1.807, 2.05) is 19.1 Å². The Morgan fingerprint density at radius 2 is 1.45 bits per heavy atom. The predicted molar refractivity (Wildman–Crippen MR) is 106 cm³/mol. The number of nitrogens with zero attached hydrogens (tertiary/aromatic N) is 1. The number of methoxy groups -OCH3 is 1. The molecule has 0 saturated carbocycles. The van der Waals surface area contributed by atoms with Gasteiger partial charge in [-0.3, -0.25) is 9.59 Å². The van der Waals surface area contributed by atoms with Crippen LogP contribution in [-0.2, 0) is 19.1 Å². The highest BCUT2D eigenvalue weighted by atomic mass is 16.5. The third-order valence-electron chi connectivity index (χ3n) is 4.01. The Kier molecular flexibility index (Phi) is 7.47. The van der Waals surface area contributed by atoms with Crippen LogP contribution in [-0.4, -0.2) is 56.0 Å². The Hall–Kier alpha value is -3.68. The predicted octanol–water partition coefficient (Wildman–Crippen LogP) is 2.04. The summed E-state index contributed by atoms with van der Waals surface area (Å²) in [6.07, 6.45) is 0. The first kappa shape index (κ1) is 21.6. The van der Waals surface area contributed by atoms with E-state index in [1.54, 1.807) is 12.1 Å². The summed E-state index contributed by atoms with van der Waals surface area (Å²) in [4.78, 5) is 48.7. The van der Waals surface area contributed by atoms with E-state index >= 15 is 0 Å². The zero-order chi connectivity index (χ0) is 21.4. The number of likely N-dealkylation sites (N-methyl/N-ethyl adjacent to an activating group) is 1. The lowest BCUT2D eigenvalue weighted by molar-refractivity contribution is -0.136. The molecule has 0 spiro atoms. The summed E-state index contributed by atoms with van der Waals surface area (Å²) in [5.41, 5.74) is 2.17. The summed E-state index contributed by atoms with van der Waals surface area (Å²) in [6, 6.07) is 12.9. The lowest BCUT2D eigenvalue weighted by atomic mass is 10.1. The van der Waals surface area contributed by atoms with Crippen molar-refractivity contribution >= 4 is 29.4 Å². The molecule has 0 heterocycles. The van der Waals surface area contributed by atoms with Gasteiger partial charge < -0.3 is 19.7 Å². The molecule has 0 aliphatic rings. The largest absolute Gasteiger partial charge is 0.465 e. The molecule has 0 aliphatic heterocycles. The van der Waals surface area contributed by atoms with Crippen LogP contribution in [0.25, 0.3) is 0 Å². The van der Waals surface area contributed by atoms with Crippen LogP contribution in [0.5, 0.6) is 0 Å². The number of hydrogen-bond acceptors (Lipinski definition) is 6. The van der Waals surface area contributed by atoms with Gasteiger partial charge in [0.1, 0.15) is 0 Å². The average Bonchev–Trinajstić information content (AvgIpc) is 2.72. The summed E-state index contributed by atoms with van der Waals surface area (Å²) in [7, 11) is 2.70. The van der Waals surface area contributed by atoms with Crippen LogP contribution in [0.15, 0.2) is 48.5 Å². The molecule has 2 aromatic carbocycles. The number of aryl methyl sites for hydroxylation is 1. The summed E-state index contributed by atoms with van der Waals surface area (Å²) in [6.45, 7) is 1.25. The van der Waals surface area contributed by atoms with E-state index in [0.717, 1.165) is 10.5 Å². The van der Waals surface area contributed by atoms with Crippen molar-refractivity contribution in [2.75, 3.05) is 32.6 Å². The molecule has 2 aromatic rings. The maximum Gasteiger partial charge on any atom is 0.338 e. The van der Waals surface area contributed by atoms with Crippen molar-refractivity contribution in [3.8, 4) is 0 Å². The van der Waals surface area contributed by atoms with Crippen molar-refractivity contribution in [1.82, 2.24) is 4.90 Å². The van der Waals surface area contributed by atoms with Crippen LogP contribution in [0, 0.1) is 6.92 Å². The van der Waals surface area contributed by atoms with E-state index in [2.05, 4.69) is 10.1 Å². The van der Waals surface area contributed by atoms with Crippen molar-refractivity contribution < 1.29 is 28.7 Å². The number of carbonyl (C=O) groups excluding carboxylic acids is 4. The van der Waals surface area contributed by atoms with Crippen LogP contribution in [0.1, 0.15) is 26.3 Å². The molecular formula is C21H22N2O6. The van der Waals surface area contributed by atoms with Crippen molar-refractivity contribution in [2.24, 2.45) is 0 Å². The van der Waals surface area contributed by atoms with Gasteiger partial charge in [-0.05, 0) is 43.3 Å². The van der Waals surface area contributed by atoms with E-state index < -0.39 is 24.5 Å². The topological polar surface area (TPSA) is 102 Å². The Morgan fingerprint density at radius 3 is 2.00 bits per heavy atom. The molecule has 2 amide bonds. The van der Waals surface area contributed by atoms with Crippen LogP contribution in [0.2, 0.25) is 0 Å². The second kappa shape index (κ2) is 10.0. The number of esters is 2. The molecule has 0 radical (unpaired) electrons. The van der Waals surface area contributed by atoms with Crippen molar-refractivity contribution in [2.45, 2.75) is 6.92 Å². The summed E-state index contributed by atoms with van der Waals surface area (Å²) >= 11 is 0. The first-order valence-electron chi connectivity index (χ1n) is 8.76. The molecule has 0 unspecified atom stereocenters. The number of nitrogens with one attached hydrogen (secondary N) is 1. The lowest BCUT2D eigenvalue weighted by Crippen LogP contribution is -2.37. The van der Waals surface area contributed by atoms with Gasteiger partial charge in [-0.15, -0.1) is 0 Å². The van der Waals surface area contributed by atoms with Gasteiger partial charge in [0.05, 0.1) is 24.8 Å². The Labute approximate surface area is 168 Å². The van der Waals surface area contributed by atoms with Gasteiger partial charge >= 0.3 is 11.9 Å². The molecule has 0 aromatic heterocycles. The van der Waals surface area contributed by atoms with Gasteiger partial charge in [0.25, 0.3) is 5.91 Å². The normalized spacial score (nSPS) is 10.0. The highest BCUT2D eigenvalue weighted by Crippen LogP contribution is 2.09. The number of hydrogen-bond donors (Lipinski definition) is 1. The molecule has 0 bridgehead atoms. The maximum atomic E-state index is 12.1. The number of carbonyl (C=O) groups is 4. The molecule has 152 valence electrons. The first-order chi connectivity index (χ1) is 13.8. The number of ether oxygens (including phenoxy) is 2. The minimum absolute atomic E-state index is 0.182. The van der Waals surface area contributed by atoms with Gasteiger partial charge in [0.2, 0.25) is 5.91 Å². The number of rotatable bonds is 7. The van der Waals surface area contributed by atoms with Gasteiger partial charge in [0.15, 0.2) is 6.61 Å². The molecule has 29 heavy (non-hydrogen) atoms. The van der Waals surface area contributed by atoms with Crippen molar-refractivity contribution in [3.63, 3.8) is 0 Å². The summed E-state index contributed by atoms with van der Waals surface area (Å²) < 4.78 is 9.55. The zero-order valence-electron chi connectivity index (χ0n) is 16.4. The van der Waals surface area contributed by atoms with E-state index in [4.69, 9.17) is 4.74 Å². The Bertz CT molecular complexity index is 890. The first-order valence-corrected chi connectivity index (χ1v) is 8.76. The SMILES string of the molecule is COC(=O)c1ccc(C(=O)OCC(=O)N(C)CC(=O)Nc2ccc(C)cc2)cc1. The fraction of sp³-hybridized carbons (Fsp3) is 0.238. The monoisotopic (exact) mass is 398 g/mol. The van der Waals surface area contributed by atoms with Crippen LogP contribution in [0.4, 0.5) is 5.69 Å². The molecule has 2 rings (SSSR count). The van der Waals surface area contributed by atoms with E-state index in [9.17, 15) is 19.2 Å². The number of benzene rings is 2. The lowest BCUT2D eigenvalue weighted by Gasteiger charge is -2.17. The average molecular weight is 398 g/mol. The minimum Gasteiger partial charge on any atom is -0.465 e. The molecule has 0 aliphatic carbocycles. The van der Waals surface area contributed by atoms with Gasteiger partial charge in [-0.2, -0.15) is 0 Å². The van der Waals surface area contributed by atoms with E-state index in [0.29, 0.717) is 11.3 Å². The molecule has 8 heteroatoms. The fourth-order valence-corrected chi connectivity index (χ4v) is 2.32. The smallest absolute Gasteiger partial charge is 0.338 e. The summed E-state index contributed by atoms with van der Waals surface area (Å²) in [5.74, 6) is -2.13. The quantitative estimate of drug-likeness (QED) is 0.716. The summed E-state index contributed by atoms with van der Waals surface area (Å²) in [5, 5.41) is 2.69. The molecule has 0 saturated heterocycles. The molecule has 0 atom stereocenters. The maximum absolute atomic E-state index is 12.1. The number of amides is 2. The third kappa shape index (κ3) is 6.46. The fourth-order valence-electron chi connectivity index (χ4n) is 2.32. The van der Waals surface area contributed by atoms with Crippen molar-refractivity contribution in [3.05, 3.63) is 65.2 Å². The Balaban J connectivity index is 1.81. The van der Waals surface area contributed by atoms with Crippen LogP contribution >= 0.6 is 0 Å². The highest BCUT2D eigenvalue weighted by Gasteiger charge is 2.16. The van der Waals surface area contributed by atoms with Crippen LogP contribution in [0.3, 0.4) is 0 Å². The Morgan fingerprint density at radius 1 is 0.897 bits per heavy atom. The third-order valence-corrected chi connectivity index (χ3v) is 4.01. The van der Waals surface area contributed by atoms with E-state index in [1.165, 1.54) is 38.4 Å². The standard InChI is InChI=1S/C21H22N2O6/c1-14-4-10-17(11-5-14)22-18(24)12-23(2)19(25)13-29-21(27)16-8-6-15(7-9-16)20(26)28-3/h4-11H,12-13H2,1-3H3,(H,22,24). The molecular weight excluding hydrogens is 376 g/mol. The van der Waals surface area contributed by atoms with Gasteiger partial charge in [-0.25, -0.2) is 9.59 Å². The highest BCUT2D eigenvalue weighted by molar-refractivity contribution is 5.96. The minimum atomic E-state index is -0.715. The second-order valence-corrected chi connectivity index (χ2v) is 6.31. The van der Waals surface area contributed by atoms with Gasteiger partial charge in [0, 0.05) is 12.7 Å². The van der Waals surface area contributed by atoms with Gasteiger partial charge in [-0.1, -0.05) is 17.7 Å². The van der Waals surface area contributed by atoms with Crippen molar-refractivity contribution in [1.29, 1.82) is 0 Å². The zero-order valence-corrected chi connectivity index (χ0v) is 16.4. The number of anilines is 1. The van der Waals surface area contributed by atoms with E-state index in [-0.39, 0.29) is 18.0 Å². The van der Waals surface area contributed by atoms with Crippen LogP contribution < -0.4 is 5.32 Å².